The Hall–Kier alpha value is -1.66. The van der Waals surface area contributed by atoms with Crippen LogP contribution in [0.1, 0.15) is 29.6 Å². The van der Waals surface area contributed by atoms with Crippen molar-refractivity contribution in [3.05, 3.63) is 33.3 Å². The minimum atomic E-state index is 0.206. The molecule has 0 aliphatic carbocycles. The van der Waals surface area contributed by atoms with Crippen LogP contribution in [0, 0.1) is 0 Å². The van der Waals surface area contributed by atoms with Crippen LogP contribution in [0.15, 0.2) is 23.6 Å². The number of nitrogen functional groups attached to an aromatic ring is 1. The van der Waals surface area contributed by atoms with E-state index in [2.05, 4.69) is 52.7 Å². The molecule has 104 valence electrons. The quantitative estimate of drug-likeness (QED) is 0.762. The van der Waals surface area contributed by atoms with Gasteiger partial charge in [-0.1, -0.05) is 13.0 Å². The van der Waals surface area contributed by atoms with Crippen LogP contribution in [-0.4, -0.2) is 9.97 Å². The van der Waals surface area contributed by atoms with E-state index in [1.54, 1.807) is 22.7 Å². The van der Waals surface area contributed by atoms with Gasteiger partial charge in [-0.3, -0.25) is 0 Å². The Kier molecular flexibility index (Phi) is 3.58. The molecule has 0 amide bonds. The Labute approximate surface area is 125 Å². The smallest absolute Gasteiger partial charge is 0.223 e. The molecule has 0 aliphatic heterocycles. The molecule has 0 aromatic carbocycles. The van der Waals surface area contributed by atoms with Crippen molar-refractivity contribution in [3.8, 4) is 0 Å². The average molecular weight is 304 g/mol. The highest BCUT2D eigenvalue weighted by atomic mass is 32.1. The minimum Gasteiger partial charge on any atom is -0.368 e. The van der Waals surface area contributed by atoms with Gasteiger partial charge >= 0.3 is 0 Å². The van der Waals surface area contributed by atoms with E-state index in [1.807, 2.05) is 0 Å². The van der Waals surface area contributed by atoms with Crippen LogP contribution in [0.3, 0.4) is 0 Å². The molecular weight excluding hydrogens is 288 g/mol. The highest BCUT2D eigenvalue weighted by Gasteiger charge is 2.13. The number of hydrogen-bond acceptors (Lipinski definition) is 6. The number of nitrogens with zero attached hydrogens (tertiary/aromatic N) is 2. The summed E-state index contributed by atoms with van der Waals surface area (Å²) in [7, 11) is 0. The lowest BCUT2D eigenvalue weighted by atomic mass is 10.2. The van der Waals surface area contributed by atoms with Crippen molar-refractivity contribution in [1.82, 2.24) is 9.97 Å². The average Bonchev–Trinajstić information content (AvgIpc) is 3.07. The maximum Gasteiger partial charge on any atom is 0.223 e. The Morgan fingerprint density at radius 3 is 2.95 bits per heavy atom. The molecule has 0 spiro atoms. The molecule has 0 aliphatic rings. The lowest BCUT2D eigenvalue weighted by Gasteiger charge is -2.13. The molecular formula is C14H16N4S2. The zero-order chi connectivity index (χ0) is 14.1. The molecule has 1 unspecified atom stereocenters. The fraction of sp³-hybridized carbons (Fsp3) is 0.286. The third kappa shape index (κ3) is 2.48. The predicted molar refractivity (Wildman–Crippen MR) is 87.6 cm³/mol. The highest BCUT2D eigenvalue weighted by molar-refractivity contribution is 7.18. The third-order valence-corrected chi connectivity index (χ3v) is 5.36. The van der Waals surface area contributed by atoms with Crippen LogP contribution in [0.2, 0.25) is 0 Å². The maximum atomic E-state index is 5.82. The molecule has 4 nitrogen and oxygen atoms in total. The molecule has 3 heterocycles. The van der Waals surface area contributed by atoms with Gasteiger partial charge in [-0.15, -0.1) is 22.7 Å². The van der Waals surface area contributed by atoms with Gasteiger partial charge in [-0.25, -0.2) is 4.98 Å². The van der Waals surface area contributed by atoms with Gasteiger partial charge in [0.25, 0.3) is 0 Å². The second-order valence-corrected chi connectivity index (χ2v) is 6.69. The zero-order valence-electron chi connectivity index (χ0n) is 11.4. The molecule has 0 fully saturated rings. The van der Waals surface area contributed by atoms with Crippen LogP contribution in [-0.2, 0) is 6.42 Å². The van der Waals surface area contributed by atoms with Gasteiger partial charge in [0.1, 0.15) is 10.6 Å². The van der Waals surface area contributed by atoms with Crippen molar-refractivity contribution in [2.24, 2.45) is 0 Å². The Bertz CT molecular complexity index is 718. The maximum absolute atomic E-state index is 5.82. The summed E-state index contributed by atoms with van der Waals surface area (Å²) in [6.07, 6.45) is 1.00. The Balaban J connectivity index is 1.99. The molecule has 0 radical (unpaired) electrons. The standard InChI is InChI=1S/C14H16N4S2/c1-3-9-7-10-12(17-14(15)18-13(10)20-9)16-8(2)11-5-4-6-19-11/h4-8H,3H2,1-2H3,(H3,15,16,17,18). The van der Waals surface area contributed by atoms with Crippen LogP contribution < -0.4 is 11.1 Å². The monoisotopic (exact) mass is 304 g/mol. The second kappa shape index (κ2) is 5.38. The molecule has 3 N–H and O–H groups in total. The second-order valence-electron chi connectivity index (χ2n) is 4.60. The first-order chi connectivity index (χ1) is 9.67. The van der Waals surface area contributed by atoms with E-state index in [0.29, 0.717) is 5.95 Å². The summed E-state index contributed by atoms with van der Waals surface area (Å²) in [5.41, 5.74) is 5.82. The van der Waals surface area contributed by atoms with E-state index in [9.17, 15) is 0 Å². The zero-order valence-corrected chi connectivity index (χ0v) is 13.0. The summed E-state index contributed by atoms with van der Waals surface area (Å²) in [4.78, 5) is 12.2. The molecule has 20 heavy (non-hydrogen) atoms. The van der Waals surface area contributed by atoms with Crippen molar-refractivity contribution in [2.75, 3.05) is 11.1 Å². The highest BCUT2D eigenvalue weighted by Crippen LogP contribution is 2.32. The number of fused-ring (bicyclic) bond motifs is 1. The van der Waals surface area contributed by atoms with Crippen LogP contribution >= 0.6 is 22.7 Å². The third-order valence-electron chi connectivity index (χ3n) is 3.13. The van der Waals surface area contributed by atoms with Gasteiger partial charge in [0.15, 0.2) is 0 Å². The van der Waals surface area contributed by atoms with Crippen molar-refractivity contribution in [1.29, 1.82) is 0 Å². The summed E-state index contributed by atoms with van der Waals surface area (Å²) >= 11 is 3.42. The fourth-order valence-electron chi connectivity index (χ4n) is 2.09. The first-order valence-corrected chi connectivity index (χ1v) is 8.23. The van der Waals surface area contributed by atoms with Crippen LogP contribution in [0.25, 0.3) is 10.2 Å². The molecule has 3 aromatic heterocycles. The number of nitrogens with two attached hydrogens (primary N) is 1. The number of rotatable bonds is 4. The largest absolute Gasteiger partial charge is 0.368 e. The van der Waals surface area contributed by atoms with E-state index in [4.69, 9.17) is 5.73 Å². The van der Waals surface area contributed by atoms with Gasteiger partial charge in [0.2, 0.25) is 5.95 Å². The van der Waals surface area contributed by atoms with Gasteiger partial charge in [-0.2, -0.15) is 4.98 Å². The molecule has 0 saturated heterocycles. The molecule has 0 bridgehead atoms. The summed E-state index contributed by atoms with van der Waals surface area (Å²) in [6.45, 7) is 4.27. The summed E-state index contributed by atoms with van der Waals surface area (Å²) in [5, 5.41) is 6.59. The number of aryl methyl sites for hydroxylation is 1. The van der Waals surface area contributed by atoms with E-state index >= 15 is 0 Å². The van der Waals surface area contributed by atoms with E-state index in [1.165, 1.54) is 9.75 Å². The van der Waals surface area contributed by atoms with E-state index < -0.39 is 0 Å². The van der Waals surface area contributed by atoms with Crippen molar-refractivity contribution < 1.29 is 0 Å². The number of hydrogen-bond donors (Lipinski definition) is 2. The molecule has 1 atom stereocenters. The van der Waals surface area contributed by atoms with Crippen LogP contribution in [0.5, 0.6) is 0 Å². The Morgan fingerprint density at radius 1 is 1.40 bits per heavy atom. The Morgan fingerprint density at radius 2 is 2.25 bits per heavy atom. The lowest BCUT2D eigenvalue weighted by molar-refractivity contribution is 0.899. The van der Waals surface area contributed by atoms with E-state index in [-0.39, 0.29) is 6.04 Å². The first kappa shape index (κ1) is 13.3. The number of anilines is 2. The number of aromatic nitrogens is 2. The number of thiophene rings is 2. The summed E-state index contributed by atoms with van der Waals surface area (Å²) in [6, 6.07) is 6.54. The topological polar surface area (TPSA) is 63.8 Å². The van der Waals surface area contributed by atoms with Gasteiger partial charge < -0.3 is 11.1 Å². The van der Waals surface area contributed by atoms with Crippen LogP contribution in [0.4, 0.5) is 11.8 Å². The first-order valence-electron chi connectivity index (χ1n) is 6.53. The molecule has 6 heteroatoms. The number of nitrogens with one attached hydrogen (secondary N) is 1. The fourth-order valence-corrected chi connectivity index (χ4v) is 3.79. The lowest BCUT2D eigenvalue weighted by Crippen LogP contribution is -2.08. The van der Waals surface area contributed by atoms with Crippen molar-refractivity contribution in [2.45, 2.75) is 26.3 Å². The van der Waals surface area contributed by atoms with Crippen molar-refractivity contribution >= 4 is 44.7 Å². The summed E-state index contributed by atoms with van der Waals surface area (Å²) < 4.78 is 0. The van der Waals surface area contributed by atoms with Gasteiger partial charge in [-0.05, 0) is 30.9 Å². The summed E-state index contributed by atoms with van der Waals surface area (Å²) in [5.74, 6) is 1.15. The molecule has 3 aromatic rings. The van der Waals surface area contributed by atoms with Gasteiger partial charge in [0.05, 0.1) is 11.4 Å². The van der Waals surface area contributed by atoms with Crippen molar-refractivity contribution in [3.63, 3.8) is 0 Å². The van der Waals surface area contributed by atoms with E-state index in [0.717, 1.165) is 22.5 Å². The molecule has 0 saturated carbocycles. The van der Waals surface area contributed by atoms with Gasteiger partial charge in [0, 0.05) is 9.75 Å². The predicted octanol–water partition coefficient (Wildman–Crippen LogP) is 4.07. The normalized spacial score (nSPS) is 12.7. The minimum absolute atomic E-state index is 0.206. The SMILES string of the molecule is CCc1cc2c(NC(C)c3cccs3)nc(N)nc2s1. The molecule has 3 rings (SSSR count).